The smallest absolute Gasteiger partial charge is 0.312 e. The molecular weight excluding hydrogens is 279 g/mol. The molecule has 0 saturated carbocycles. The van der Waals surface area contributed by atoms with E-state index in [2.05, 4.69) is 4.74 Å². The van der Waals surface area contributed by atoms with Gasteiger partial charge in [-0.1, -0.05) is 42.5 Å². The van der Waals surface area contributed by atoms with E-state index < -0.39 is 5.92 Å². The van der Waals surface area contributed by atoms with E-state index in [9.17, 15) is 9.18 Å². The monoisotopic (exact) mass is 294 g/mol. The van der Waals surface area contributed by atoms with Crippen molar-refractivity contribution in [2.24, 2.45) is 0 Å². The van der Waals surface area contributed by atoms with Crippen LogP contribution in [0.3, 0.4) is 0 Å². The minimum atomic E-state index is -0.468. The summed E-state index contributed by atoms with van der Waals surface area (Å²) in [5, 5.41) is 0. The normalized spacial score (nSPS) is 11.3. The van der Waals surface area contributed by atoms with Crippen LogP contribution in [0, 0.1) is 5.82 Å². The average molecular weight is 295 g/mol. The number of rotatable bonds is 3. The Balaban J connectivity index is 0.00000200. The van der Waals surface area contributed by atoms with Gasteiger partial charge in [-0.2, -0.15) is 0 Å². The SMILES string of the molecule is COC(=O)C(C)c1ccc(-c2ccccc2)c(F)c1.Cl. The molecular formula is C16H16ClFO2. The van der Waals surface area contributed by atoms with Gasteiger partial charge in [-0.05, 0) is 24.1 Å². The largest absolute Gasteiger partial charge is 0.469 e. The summed E-state index contributed by atoms with van der Waals surface area (Å²) in [6, 6.07) is 14.1. The topological polar surface area (TPSA) is 26.3 Å². The van der Waals surface area contributed by atoms with Crippen molar-refractivity contribution in [2.45, 2.75) is 12.8 Å². The minimum Gasteiger partial charge on any atom is -0.469 e. The molecule has 0 aliphatic rings. The van der Waals surface area contributed by atoms with E-state index in [1.54, 1.807) is 19.1 Å². The molecule has 0 radical (unpaired) electrons. The van der Waals surface area contributed by atoms with Crippen LogP contribution in [0.4, 0.5) is 4.39 Å². The Labute approximate surface area is 124 Å². The lowest BCUT2D eigenvalue weighted by Gasteiger charge is -2.11. The second kappa shape index (κ2) is 7.06. The Morgan fingerprint density at radius 3 is 2.35 bits per heavy atom. The van der Waals surface area contributed by atoms with Gasteiger partial charge in [-0.3, -0.25) is 4.79 Å². The van der Waals surface area contributed by atoms with Crippen LogP contribution in [0.25, 0.3) is 11.1 Å². The summed E-state index contributed by atoms with van der Waals surface area (Å²) in [6.07, 6.45) is 0. The first-order valence-electron chi connectivity index (χ1n) is 6.06. The fourth-order valence-corrected chi connectivity index (χ4v) is 1.97. The van der Waals surface area contributed by atoms with E-state index in [1.165, 1.54) is 13.2 Å². The highest BCUT2D eigenvalue weighted by Crippen LogP contribution is 2.26. The van der Waals surface area contributed by atoms with Gasteiger partial charge in [0.05, 0.1) is 13.0 Å². The third-order valence-electron chi connectivity index (χ3n) is 3.13. The lowest BCUT2D eigenvalue weighted by molar-refractivity contribution is -0.141. The van der Waals surface area contributed by atoms with Gasteiger partial charge in [-0.25, -0.2) is 4.39 Å². The number of hydrogen-bond acceptors (Lipinski definition) is 2. The molecule has 106 valence electrons. The van der Waals surface area contributed by atoms with E-state index in [-0.39, 0.29) is 24.2 Å². The Morgan fingerprint density at radius 1 is 1.15 bits per heavy atom. The van der Waals surface area contributed by atoms with Crippen molar-refractivity contribution in [1.29, 1.82) is 0 Å². The van der Waals surface area contributed by atoms with Gasteiger partial charge in [0.15, 0.2) is 0 Å². The van der Waals surface area contributed by atoms with Crippen molar-refractivity contribution < 1.29 is 13.9 Å². The van der Waals surface area contributed by atoms with Crippen molar-refractivity contribution >= 4 is 18.4 Å². The number of benzene rings is 2. The Kier molecular flexibility index (Phi) is 5.71. The average Bonchev–Trinajstić information content (AvgIpc) is 2.46. The molecule has 0 bridgehead atoms. The fraction of sp³-hybridized carbons (Fsp3) is 0.188. The highest BCUT2D eigenvalue weighted by Gasteiger charge is 2.17. The summed E-state index contributed by atoms with van der Waals surface area (Å²) in [4.78, 5) is 11.4. The van der Waals surface area contributed by atoms with Gasteiger partial charge in [0.2, 0.25) is 0 Å². The molecule has 4 heteroatoms. The van der Waals surface area contributed by atoms with Gasteiger partial charge in [-0.15, -0.1) is 12.4 Å². The van der Waals surface area contributed by atoms with Crippen LogP contribution in [0.1, 0.15) is 18.4 Å². The number of ether oxygens (including phenoxy) is 1. The number of halogens is 2. The molecule has 2 nitrogen and oxygen atoms in total. The molecule has 0 heterocycles. The number of carbonyl (C=O) groups is 1. The predicted molar refractivity (Wildman–Crippen MR) is 79.5 cm³/mol. The Bertz CT molecular complexity index is 584. The summed E-state index contributed by atoms with van der Waals surface area (Å²) in [7, 11) is 1.33. The van der Waals surface area contributed by atoms with Gasteiger partial charge in [0.25, 0.3) is 0 Å². The Morgan fingerprint density at radius 2 is 1.80 bits per heavy atom. The zero-order chi connectivity index (χ0) is 13.8. The number of methoxy groups -OCH3 is 1. The van der Waals surface area contributed by atoms with Crippen LogP contribution in [-0.2, 0) is 9.53 Å². The fourth-order valence-electron chi connectivity index (χ4n) is 1.97. The summed E-state index contributed by atoms with van der Waals surface area (Å²) in [5.74, 6) is -1.17. The molecule has 2 aromatic carbocycles. The summed E-state index contributed by atoms with van der Waals surface area (Å²) < 4.78 is 18.8. The van der Waals surface area contributed by atoms with Crippen molar-refractivity contribution in [3.8, 4) is 11.1 Å². The lowest BCUT2D eigenvalue weighted by Crippen LogP contribution is -2.11. The zero-order valence-corrected chi connectivity index (χ0v) is 12.1. The van der Waals surface area contributed by atoms with Crippen molar-refractivity contribution in [3.05, 3.63) is 59.9 Å². The molecule has 0 aliphatic carbocycles. The second-order valence-electron chi connectivity index (χ2n) is 4.35. The van der Waals surface area contributed by atoms with Crippen LogP contribution in [-0.4, -0.2) is 13.1 Å². The number of esters is 1. The van der Waals surface area contributed by atoms with Gasteiger partial charge in [0, 0.05) is 5.56 Å². The van der Waals surface area contributed by atoms with E-state index >= 15 is 0 Å². The molecule has 0 amide bonds. The third kappa shape index (κ3) is 3.36. The van der Waals surface area contributed by atoms with Gasteiger partial charge < -0.3 is 4.74 Å². The molecule has 2 aromatic rings. The zero-order valence-electron chi connectivity index (χ0n) is 11.3. The van der Waals surface area contributed by atoms with E-state index in [0.29, 0.717) is 11.1 Å². The van der Waals surface area contributed by atoms with Crippen LogP contribution in [0.2, 0.25) is 0 Å². The molecule has 2 rings (SSSR count). The summed E-state index contributed by atoms with van der Waals surface area (Å²) in [6.45, 7) is 1.70. The Hall–Kier alpha value is -1.87. The van der Waals surface area contributed by atoms with Crippen LogP contribution in [0.5, 0.6) is 0 Å². The molecule has 0 aromatic heterocycles. The highest BCUT2D eigenvalue weighted by atomic mass is 35.5. The predicted octanol–water partition coefficient (Wildman–Crippen LogP) is 4.19. The number of hydrogen-bond donors (Lipinski definition) is 0. The molecule has 0 N–H and O–H groups in total. The van der Waals surface area contributed by atoms with Crippen LogP contribution < -0.4 is 0 Å². The van der Waals surface area contributed by atoms with Crippen molar-refractivity contribution in [2.75, 3.05) is 7.11 Å². The first-order chi connectivity index (χ1) is 9.13. The maximum Gasteiger partial charge on any atom is 0.312 e. The van der Waals surface area contributed by atoms with Crippen LogP contribution >= 0.6 is 12.4 Å². The maximum atomic E-state index is 14.1. The molecule has 0 fully saturated rings. The molecule has 0 spiro atoms. The molecule has 1 unspecified atom stereocenters. The van der Waals surface area contributed by atoms with Crippen LogP contribution in [0.15, 0.2) is 48.5 Å². The molecule has 0 saturated heterocycles. The first-order valence-corrected chi connectivity index (χ1v) is 6.06. The molecule has 0 aliphatic heterocycles. The quantitative estimate of drug-likeness (QED) is 0.793. The van der Waals surface area contributed by atoms with Crippen molar-refractivity contribution in [3.63, 3.8) is 0 Å². The summed E-state index contributed by atoms with van der Waals surface area (Å²) >= 11 is 0. The van der Waals surface area contributed by atoms with Crippen molar-refractivity contribution in [1.82, 2.24) is 0 Å². The second-order valence-corrected chi connectivity index (χ2v) is 4.35. The summed E-state index contributed by atoms with van der Waals surface area (Å²) in [5.41, 5.74) is 1.96. The maximum absolute atomic E-state index is 14.1. The third-order valence-corrected chi connectivity index (χ3v) is 3.13. The standard InChI is InChI=1S/C16H15FO2.ClH/c1-11(16(18)19-2)13-8-9-14(15(17)10-13)12-6-4-3-5-7-12;/h3-11H,1-2H3;1H. The van der Waals surface area contributed by atoms with Gasteiger partial charge in [0.1, 0.15) is 5.82 Å². The minimum absolute atomic E-state index is 0. The molecule has 1 atom stereocenters. The lowest BCUT2D eigenvalue weighted by atomic mass is 9.97. The van der Waals surface area contributed by atoms with E-state index in [1.807, 2.05) is 30.3 Å². The number of carbonyl (C=O) groups excluding carboxylic acids is 1. The highest BCUT2D eigenvalue weighted by molar-refractivity contribution is 5.85. The van der Waals surface area contributed by atoms with Gasteiger partial charge >= 0.3 is 5.97 Å². The first kappa shape index (κ1) is 16.2. The van der Waals surface area contributed by atoms with E-state index in [4.69, 9.17) is 0 Å². The molecule has 20 heavy (non-hydrogen) atoms. The van der Waals surface area contributed by atoms with E-state index in [0.717, 1.165) is 5.56 Å².